The number of amides is 2. The van der Waals surface area contributed by atoms with Gasteiger partial charge in [0, 0.05) is 37.1 Å². The lowest BCUT2D eigenvalue weighted by molar-refractivity contribution is -0.121. The van der Waals surface area contributed by atoms with Crippen LogP contribution in [0.2, 0.25) is 15.3 Å². The van der Waals surface area contributed by atoms with Crippen molar-refractivity contribution in [2.24, 2.45) is 11.5 Å². The first-order valence-corrected chi connectivity index (χ1v) is 21.5. The molecule has 336 valence electrons. The second-order valence-electron chi connectivity index (χ2n) is 16.2. The predicted octanol–water partition coefficient (Wildman–Crippen LogP) is 9.20. The summed E-state index contributed by atoms with van der Waals surface area (Å²) < 4.78 is 3.75. The number of halogens is 3. The van der Waals surface area contributed by atoms with Gasteiger partial charge < -0.3 is 17.2 Å². The quantitative estimate of drug-likeness (QED) is 0.0892. The van der Waals surface area contributed by atoms with Crippen molar-refractivity contribution in [2.45, 2.75) is 123 Å². The largest absolute Gasteiger partial charge is 0.396 e. The average Bonchev–Trinajstić information content (AvgIpc) is 4.14. The minimum atomic E-state index is -0.492. The molecule has 8 rings (SSSR count). The molecule has 16 heteroatoms. The zero-order chi connectivity index (χ0) is 43.9. The molecule has 0 saturated heterocycles. The molecule has 4 aromatic heterocycles. The molecule has 0 unspecified atom stereocenters. The van der Waals surface area contributed by atoms with Gasteiger partial charge in [0.15, 0.2) is 0 Å². The van der Waals surface area contributed by atoms with Gasteiger partial charge in [0.05, 0.1) is 56.5 Å². The highest BCUT2D eigenvalue weighted by Crippen LogP contribution is 2.50. The maximum atomic E-state index is 12.0. The molecule has 0 radical (unpaired) electrons. The lowest BCUT2D eigenvalue weighted by Crippen LogP contribution is -2.29. The second kappa shape index (κ2) is 21.8. The number of carbonyl (C=O) groups excluding carboxylic acids is 2. The summed E-state index contributed by atoms with van der Waals surface area (Å²) in [6.07, 6.45) is 17.2. The van der Waals surface area contributed by atoms with Crippen LogP contribution in [-0.4, -0.2) is 51.3 Å². The summed E-state index contributed by atoms with van der Waals surface area (Å²) in [4.78, 5) is 40.9. The summed E-state index contributed by atoms with van der Waals surface area (Å²) in [5.74, 6) is 0.240. The van der Waals surface area contributed by atoms with E-state index in [0.717, 1.165) is 83.5 Å². The molecule has 63 heavy (non-hydrogen) atoms. The van der Waals surface area contributed by atoms with Gasteiger partial charge in [0.1, 0.15) is 5.82 Å². The fourth-order valence-electron chi connectivity index (χ4n) is 7.29. The summed E-state index contributed by atoms with van der Waals surface area (Å²) in [5.41, 5.74) is 23.4. The Hall–Kier alpha value is -5.37. The van der Waals surface area contributed by atoms with E-state index >= 15 is 0 Å². The van der Waals surface area contributed by atoms with E-state index in [1.807, 2.05) is 70.4 Å². The normalized spacial score (nSPS) is 14.0. The lowest BCUT2D eigenvalue weighted by Gasteiger charge is -2.16. The molecule has 2 aliphatic rings. The van der Waals surface area contributed by atoms with Crippen LogP contribution in [0.4, 0.5) is 5.69 Å². The third-order valence-corrected chi connectivity index (χ3v) is 11.9. The average molecular weight is 917 g/mol. The number of aromatic nitrogens is 8. The molecule has 6 N–H and O–H groups in total. The Morgan fingerprint density at radius 2 is 1.11 bits per heavy atom. The molecule has 13 nitrogen and oxygen atoms in total. The summed E-state index contributed by atoms with van der Waals surface area (Å²) >= 11 is 18.3. The fraction of sp³-hybridized carbons (Fsp3) is 0.404. The van der Waals surface area contributed by atoms with E-state index in [4.69, 9.17) is 57.0 Å². The summed E-state index contributed by atoms with van der Waals surface area (Å²) in [7, 11) is 0. The van der Waals surface area contributed by atoms with Crippen molar-refractivity contribution in [2.75, 3.05) is 5.73 Å². The number of carbonyl (C=O) groups is 2. The first-order valence-electron chi connectivity index (χ1n) is 20.4. The third kappa shape index (κ3) is 12.4. The summed E-state index contributed by atoms with van der Waals surface area (Å²) in [6.45, 7) is 8.31. The van der Waals surface area contributed by atoms with Crippen LogP contribution in [0.3, 0.4) is 0 Å². The van der Waals surface area contributed by atoms with Gasteiger partial charge in [0.2, 0.25) is 17.1 Å². The Kier molecular flexibility index (Phi) is 17.4. The van der Waals surface area contributed by atoms with E-state index in [-0.39, 0.29) is 32.0 Å². The van der Waals surface area contributed by atoms with Gasteiger partial charge in [-0.3, -0.25) is 19.0 Å². The highest BCUT2D eigenvalue weighted by molar-refractivity contribution is 6.32. The van der Waals surface area contributed by atoms with Crippen molar-refractivity contribution in [1.82, 2.24) is 39.5 Å². The van der Waals surface area contributed by atoms with Crippen LogP contribution in [0.1, 0.15) is 125 Å². The van der Waals surface area contributed by atoms with E-state index in [1.165, 1.54) is 6.20 Å². The van der Waals surface area contributed by atoms with Gasteiger partial charge in [-0.25, -0.2) is 19.9 Å². The lowest BCUT2D eigenvalue weighted by atomic mass is 9.88. The number of benzene rings is 2. The van der Waals surface area contributed by atoms with Gasteiger partial charge in [-0.1, -0.05) is 86.6 Å². The molecule has 0 spiro atoms. The molecular formula is C47H60Cl3N11O2. The van der Waals surface area contributed by atoms with Crippen LogP contribution in [0, 0.1) is 0 Å². The Balaban J connectivity index is 0.000000231. The van der Waals surface area contributed by atoms with Gasteiger partial charge in [-0.05, 0) is 118 Å². The van der Waals surface area contributed by atoms with Crippen molar-refractivity contribution >= 4 is 52.3 Å². The first-order chi connectivity index (χ1) is 29.1. The van der Waals surface area contributed by atoms with E-state index in [1.54, 1.807) is 12.4 Å². The molecule has 0 bridgehead atoms. The first kappa shape index (κ1) is 50.3. The van der Waals surface area contributed by atoms with Crippen molar-refractivity contribution in [1.29, 1.82) is 0 Å². The van der Waals surface area contributed by atoms with E-state index in [9.17, 15) is 9.59 Å². The van der Waals surface area contributed by atoms with Crippen LogP contribution < -0.4 is 17.2 Å². The highest BCUT2D eigenvalue weighted by Gasteiger charge is 2.51. The minimum Gasteiger partial charge on any atom is -0.396 e. The van der Waals surface area contributed by atoms with Crippen molar-refractivity contribution in [3.8, 4) is 0 Å². The van der Waals surface area contributed by atoms with Crippen LogP contribution in [0.25, 0.3) is 0 Å². The maximum Gasteiger partial charge on any atom is 0.228 e. The molecule has 2 amide bonds. The number of hydrogen-bond acceptors (Lipinski definition) is 9. The number of primary amides is 2. The third-order valence-electron chi connectivity index (χ3n) is 11.1. The van der Waals surface area contributed by atoms with Crippen molar-refractivity contribution in [3.05, 3.63) is 146 Å². The van der Waals surface area contributed by atoms with Gasteiger partial charge in [0.25, 0.3) is 0 Å². The molecule has 2 aromatic carbocycles. The molecule has 2 fully saturated rings. The predicted molar refractivity (Wildman–Crippen MR) is 253 cm³/mol. The number of nitrogens with zero attached hydrogens (tertiary/aromatic N) is 8. The van der Waals surface area contributed by atoms with Crippen LogP contribution >= 0.6 is 34.8 Å². The Morgan fingerprint density at radius 3 is 1.54 bits per heavy atom. The molecule has 4 heterocycles. The van der Waals surface area contributed by atoms with E-state index < -0.39 is 10.8 Å². The Morgan fingerprint density at radius 1 is 0.651 bits per heavy atom. The minimum absolute atomic E-state index is 0. The number of nitrogens with two attached hydrogens (primary N) is 3. The SMILES string of the molecule is C.C.CC(C)n1cc(Cc2ncc(Cl)c(CCc3ccccc3C3(C(N)=O)CC3)n2)cn1.CC(C)n1cc(N)cn1.NC(=O)C1(c2ccccc2CCc2nc(Cl)ncc2Cl)CC1. The maximum absolute atomic E-state index is 12.0. The zero-order valence-electron chi connectivity index (χ0n) is 34.9. The molecular weight excluding hydrogens is 857 g/mol. The zero-order valence-corrected chi connectivity index (χ0v) is 37.1. The van der Waals surface area contributed by atoms with Crippen molar-refractivity contribution in [3.63, 3.8) is 0 Å². The van der Waals surface area contributed by atoms with Gasteiger partial charge in [-0.2, -0.15) is 10.2 Å². The molecule has 0 aliphatic heterocycles. The van der Waals surface area contributed by atoms with Crippen molar-refractivity contribution < 1.29 is 9.59 Å². The van der Waals surface area contributed by atoms with Gasteiger partial charge in [-0.15, -0.1) is 0 Å². The molecule has 2 aliphatic carbocycles. The fourth-order valence-corrected chi connectivity index (χ4v) is 7.81. The van der Waals surface area contributed by atoms with Crippen LogP contribution in [0.15, 0.2) is 85.7 Å². The number of nitrogen functional groups attached to an aromatic ring is 1. The number of rotatable bonds is 14. The topological polar surface area (TPSA) is 199 Å². The summed E-state index contributed by atoms with van der Waals surface area (Å²) in [5, 5.41) is 9.63. The standard InChI is InChI=1S/C23H26ClN5O.C16H15Cl2N3O.C6H11N3.2CH4/c1-15(2)29-14-16(12-27-29)11-21-26-13-19(24)20(28-21)8-7-17-5-3-4-6-18(17)23(9-10-23)22(25)30;17-12-9-20-15(18)21-13(12)6-5-10-3-1-2-4-11(10)16(7-8-16)14(19)22;1-5(2)9-4-6(7)3-8-9;;/h3-6,12-15H,7-11H2,1-2H3,(H2,25,30);1-4,9H,5-8H2,(H2,19,22);3-5H,7H2,1-2H3;2*1H4. The second-order valence-corrected chi connectivity index (χ2v) is 17.3. The van der Waals surface area contributed by atoms with Crippen LogP contribution in [-0.2, 0) is 52.5 Å². The highest BCUT2D eigenvalue weighted by atomic mass is 35.5. The Bertz CT molecular complexity index is 2470. The monoisotopic (exact) mass is 915 g/mol. The molecule has 2 saturated carbocycles. The molecule has 0 atom stereocenters. The number of hydrogen-bond donors (Lipinski definition) is 3. The summed E-state index contributed by atoms with van der Waals surface area (Å²) in [6, 6.07) is 16.7. The molecule has 6 aromatic rings. The van der Waals surface area contributed by atoms with E-state index in [0.29, 0.717) is 47.1 Å². The van der Waals surface area contributed by atoms with Gasteiger partial charge >= 0.3 is 0 Å². The Labute approximate surface area is 386 Å². The number of aryl methyl sites for hydroxylation is 4. The van der Waals surface area contributed by atoms with Crippen LogP contribution in [0.5, 0.6) is 0 Å². The smallest absolute Gasteiger partial charge is 0.228 e. The number of anilines is 1. The van der Waals surface area contributed by atoms with E-state index in [2.05, 4.69) is 58.9 Å².